The molecular weight excluding hydrogens is 442 g/mol. The Balaban J connectivity index is 2.13. The molecule has 1 unspecified atom stereocenters. The first kappa shape index (κ1) is 28.1. The zero-order valence-electron chi connectivity index (χ0n) is 22.1. The highest BCUT2D eigenvalue weighted by atomic mass is 16.5. The third-order valence-electron chi connectivity index (χ3n) is 6.55. The Morgan fingerprint density at radius 1 is 0.971 bits per heavy atom. The number of benzene rings is 1. The summed E-state index contributed by atoms with van der Waals surface area (Å²) in [5.41, 5.74) is 3.54. The van der Waals surface area contributed by atoms with Gasteiger partial charge in [0.05, 0.1) is 20.2 Å². The molecule has 0 radical (unpaired) electrons. The van der Waals surface area contributed by atoms with Crippen molar-refractivity contribution in [3.8, 4) is 0 Å². The summed E-state index contributed by atoms with van der Waals surface area (Å²) in [5.74, 6) is -0.524. The van der Waals surface area contributed by atoms with E-state index in [2.05, 4.69) is 41.4 Å². The highest BCUT2D eigenvalue weighted by molar-refractivity contribution is 5.85. The molecule has 192 valence electrons. The fraction of sp³-hybridized carbons (Fsp3) is 0.536. The summed E-state index contributed by atoms with van der Waals surface area (Å²) >= 11 is 0. The summed E-state index contributed by atoms with van der Waals surface area (Å²) in [6.07, 6.45) is 3.68. The van der Waals surface area contributed by atoms with E-state index in [9.17, 15) is 14.4 Å². The van der Waals surface area contributed by atoms with E-state index in [1.165, 1.54) is 18.2 Å². The van der Waals surface area contributed by atoms with E-state index in [4.69, 9.17) is 0 Å². The standard InChI is InChI=1S/C28H41N3O4/c1-7-23(5)31(19-25-14-11-17-29(25)18-24-13-9-8-12-22(24)4)27(33)20-30(21(2)3)26(32)15-10-16-28(34)35-6/h8-9,11-14,17,21,23H,7,10,15-16,18-20H2,1-6H3. The molecule has 2 aromatic rings. The normalized spacial score (nSPS) is 11.9. The van der Waals surface area contributed by atoms with Crippen LogP contribution in [-0.4, -0.2) is 57.9 Å². The Morgan fingerprint density at radius 3 is 2.31 bits per heavy atom. The number of nitrogens with zero attached hydrogens (tertiary/aromatic N) is 3. The molecule has 0 aliphatic carbocycles. The molecule has 1 heterocycles. The quantitative estimate of drug-likeness (QED) is 0.392. The third kappa shape index (κ3) is 8.26. The number of hydrogen-bond acceptors (Lipinski definition) is 4. The number of ether oxygens (including phenoxy) is 1. The predicted octanol–water partition coefficient (Wildman–Crippen LogP) is 4.55. The number of esters is 1. The highest BCUT2D eigenvalue weighted by Crippen LogP contribution is 2.17. The zero-order chi connectivity index (χ0) is 26.0. The summed E-state index contributed by atoms with van der Waals surface area (Å²) < 4.78 is 6.84. The van der Waals surface area contributed by atoms with Crippen molar-refractivity contribution < 1.29 is 19.1 Å². The number of methoxy groups -OCH3 is 1. The number of carbonyl (C=O) groups is 3. The number of aryl methyl sites for hydroxylation is 1. The van der Waals surface area contributed by atoms with E-state index in [-0.39, 0.29) is 49.3 Å². The third-order valence-corrected chi connectivity index (χ3v) is 6.55. The van der Waals surface area contributed by atoms with Gasteiger partial charge in [-0.1, -0.05) is 31.2 Å². The van der Waals surface area contributed by atoms with E-state index in [0.717, 1.165) is 18.7 Å². The fourth-order valence-electron chi connectivity index (χ4n) is 4.03. The molecule has 1 aromatic carbocycles. The zero-order valence-corrected chi connectivity index (χ0v) is 22.1. The molecule has 2 amide bonds. The van der Waals surface area contributed by atoms with Crippen LogP contribution in [0.2, 0.25) is 0 Å². The van der Waals surface area contributed by atoms with Crippen LogP contribution < -0.4 is 0 Å². The topological polar surface area (TPSA) is 71.9 Å². The monoisotopic (exact) mass is 483 g/mol. The van der Waals surface area contributed by atoms with Crippen LogP contribution in [0.15, 0.2) is 42.6 Å². The smallest absolute Gasteiger partial charge is 0.305 e. The second-order valence-corrected chi connectivity index (χ2v) is 9.38. The second kappa shape index (κ2) is 13.7. The molecule has 0 N–H and O–H groups in total. The summed E-state index contributed by atoms with van der Waals surface area (Å²) in [5, 5.41) is 0. The average Bonchev–Trinajstić information content (AvgIpc) is 3.27. The van der Waals surface area contributed by atoms with Gasteiger partial charge in [-0.3, -0.25) is 14.4 Å². The lowest BCUT2D eigenvalue weighted by Gasteiger charge is -2.33. The van der Waals surface area contributed by atoms with E-state index >= 15 is 0 Å². The van der Waals surface area contributed by atoms with Gasteiger partial charge in [0, 0.05) is 43.4 Å². The molecule has 0 fully saturated rings. The van der Waals surface area contributed by atoms with Gasteiger partial charge in [0.15, 0.2) is 0 Å². The van der Waals surface area contributed by atoms with Gasteiger partial charge in [-0.2, -0.15) is 0 Å². The highest BCUT2D eigenvalue weighted by Gasteiger charge is 2.26. The lowest BCUT2D eigenvalue weighted by molar-refractivity contribution is -0.144. The van der Waals surface area contributed by atoms with Crippen LogP contribution in [0.4, 0.5) is 0 Å². The summed E-state index contributed by atoms with van der Waals surface area (Å²) in [6.45, 7) is 11.3. The molecular formula is C28H41N3O4. The van der Waals surface area contributed by atoms with Gasteiger partial charge in [0.1, 0.15) is 0 Å². The number of amides is 2. The number of hydrogen-bond donors (Lipinski definition) is 0. The molecule has 0 aliphatic heterocycles. The Labute approximate surface area is 210 Å². The van der Waals surface area contributed by atoms with Crippen molar-refractivity contribution in [2.24, 2.45) is 0 Å². The number of aromatic nitrogens is 1. The SMILES string of the molecule is CCC(C)N(Cc1cccn1Cc1ccccc1C)C(=O)CN(C(=O)CCCC(=O)OC)C(C)C. The molecule has 0 saturated carbocycles. The van der Waals surface area contributed by atoms with Crippen molar-refractivity contribution in [1.82, 2.24) is 14.4 Å². The van der Waals surface area contributed by atoms with Crippen LogP contribution in [0.25, 0.3) is 0 Å². The van der Waals surface area contributed by atoms with Crippen molar-refractivity contribution in [3.63, 3.8) is 0 Å². The van der Waals surface area contributed by atoms with Gasteiger partial charge in [-0.25, -0.2) is 0 Å². The van der Waals surface area contributed by atoms with Crippen molar-refractivity contribution in [2.75, 3.05) is 13.7 Å². The van der Waals surface area contributed by atoms with Gasteiger partial charge in [-0.15, -0.1) is 0 Å². The molecule has 0 aliphatic rings. The lowest BCUT2D eigenvalue weighted by atomic mass is 10.1. The van der Waals surface area contributed by atoms with Gasteiger partial charge in [-0.05, 0) is 63.8 Å². The van der Waals surface area contributed by atoms with E-state index in [1.807, 2.05) is 50.1 Å². The summed E-state index contributed by atoms with van der Waals surface area (Å²) in [7, 11) is 1.34. The summed E-state index contributed by atoms with van der Waals surface area (Å²) in [6, 6.07) is 12.3. The van der Waals surface area contributed by atoms with E-state index in [0.29, 0.717) is 13.0 Å². The lowest BCUT2D eigenvalue weighted by Crippen LogP contribution is -2.48. The molecule has 0 spiro atoms. The molecule has 0 bridgehead atoms. The number of rotatable bonds is 13. The first-order chi connectivity index (χ1) is 16.7. The van der Waals surface area contributed by atoms with E-state index in [1.54, 1.807) is 4.90 Å². The minimum atomic E-state index is -0.332. The van der Waals surface area contributed by atoms with Gasteiger partial charge >= 0.3 is 5.97 Å². The molecule has 1 atom stereocenters. The van der Waals surface area contributed by atoms with Crippen molar-refractivity contribution in [2.45, 2.75) is 85.5 Å². The van der Waals surface area contributed by atoms with Crippen LogP contribution in [-0.2, 0) is 32.2 Å². The first-order valence-electron chi connectivity index (χ1n) is 12.5. The predicted molar refractivity (Wildman–Crippen MR) is 138 cm³/mol. The fourth-order valence-corrected chi connectivity index (χ4v) is 4.03. The second-order valence-electron chi connectivity index (χ2n) is 9.38. The number of carbonyl (C=O) groups excluding carboxylic acids is 3. The summed E-state index contributed by atoms with van der Waals surface area (Å²) in [4.78, 5) is 41.2. The van der Waals surface area contributed by atoms with Crippen LogP contribution in [0.3, 0.4) is 0 Å². The van der Waals surface area contributed by atoms with Crippen molar-refractivity contribution in [1.29, 1.82) is 0 Å². The minimum absolute atomic E-state index is 0.0254. The maximum Gasteiger partial charge on any atom is 0.305 e. The van der Waals surface area contributed by atoms with Crippen molar-refractivity contribution in [3.05, 3.63) is 59.4 Å². The van der Waals surface area contributed by atoms with Crippen LogP contribution in [0.5, 0.6) is 0 Å². The van der Waals surface area contributed by atoms with Crippen LogP contribution in [0.1, 0.15) is 70.2 Å². The molecule has 2 rings (SSSR count). The van der Waals surface area contributed by atoms with Crippen molar-refractivity contribution >= 4 is 17.8 Å². The van der Waals surface area contributed by atoms with Gasteiger partial charge in [0.25, 0.3) is 0 Å². The molecule has 7 heteroatoms. The molecule has 1 aromatic heterocycles. The first-order valence-corrected chi connectivity index (χ1v) is 12.5. The Hall–Kier alpha value is -3.09. The molecule has 0 saturated heterocycles. The van der Waals surface area contributed by atoms with Crippen LogP contribution in [0, 0.1) is 6.92 Å². The Morgan fingerprint density at radius 2 is 1.69 bits per heavy atom. The Bertz CT molecular complexity index is 982. The largest absolute Gasteiger partial charge is 0.469 e. The maximum absolute atomic E-state index is 13.5. The van der Waals surface area contributed by atoms with Gasteiger partial charge < -0.3 is 19.1 Å². The minimum Gasteiger partial charge on any atom is -0.469 e. The average molecular weight is 484 g/mol. The Kier molecular flexibility index (Phi) is 11.0. The maximum atomic E-state index is 13.5. The van der Waals surface area contributed by atoms with Gasteiger partial charge in [0.2, 0.25) is 11.8 Å². The molecule has 7 nitrogen and oxygen atoms in total. The van der Waals surface area contributed by atoms with Crippen LogP contribution >= 0.6 is 0 Å². The van der Waals surface area contributed by atoms with E-state index < -0.39 is 0 Å². The molecule has 35 heavy (non-hydrogen) atoms.